The van der Waals surface area contributed by atoms with Crippen LogP contribution in [0.4, 0.5) is 5.82 Å². The third kappa shape index (κ3) is 4.25. The monoisotopic (exact) mass is 286 g/mol. The number of hydrogen-bond donors (Lipinski definition) is 3. The first kappa shape index (κ1) is 14.9. The Morgan fingerprint density at radius 2 is 1.95 bits per heavy atom. The van der Waals surface area contributed by atoms with Gasteiger partial charge in [0.25, 0.3) is 5.91 Å². The van der Waals surface area contributed by atoms with Crippen LogP contribution in [0.25, 0.3) is 0 Å². The minimum absolute atomic E-state index is 0.0201. The van der Waals surface area contributed by atoms with E-state index in [4.69, 9.17) is 0 Å². The van der Waals surface area contributed by atoms with E-state index >= 15 is 0 Å². The largest absolute Gasteiger partial charge is 0.394 e. The molecule has 1 aromatic heterocycles. The SMILES string of the molecule is CNC(=O)c1ccc(NC(CO)Cc2ccccc2)nn1. The summed E-state index contributed by atoms with van der Waals surface area (Å²) in [6, 6.07) is 13.0. The predicted octanol–water partition coefficient (Wildman–Crippen LogP) is 0.852. The molecule has 6 nitrogen and oxygen atoms in total. The topological polar surface area (TPSA) is 87.1 Å². The minimum atomic E-state index is -0.281. The van der Waals surface area contributed by atoms with Gasteiger partial charge in [-0.1, -0.05) is 30.3 Å². The van der Waals surface area contributed by atoms with Crippen LogP contribution >= 0.6 is 0 Å². The number of carbonyl (C=O) groups excluding carboxylic acids is 1. The zero-order valence-electron chi connectivity index (χ0n) is 11.8. The van der Waals surface area contributed by atoms with Gasteiger partial charge in [-0.2, -0.15) is 0 Å². The number of aliphatic hydroxyl groups excluding tert-OH is 1. The van der Waals surface area contributed by atoms with E-state index in [1.807, 2.05) is 30.3 Å². The average molecular weight is 286 g/mol. The van der Waals surface area contributed by atoms with Crippen molar-refractivity contribution >= 4 is 11.7 Å². The second-order valence-corrected chi connectivity index (χ2v) is 4.60. The molecule has 0 bridgehead atoms. The van der Waals surface area contributed by atoms with Gasteiger partial charge in [-0.15, -0.1) is 10.2 Å². The average Bonchev–Trinajstić information content (AvgIpc) is 2.55. The zero-order valence-corrected chi connectivity index (χ0v) is 11.8. The molecule has 0 aliphatic carbocycles. The second kappa shape index (κ2) is 7.35. The summed E-state index contributed by atoms with van der Waals surface area (Å²) >= 11 is 0. The van der Waals surface area contributed by atoms with E-state index in [-0.39, 0.29) is 24.2 Å². The number of nitrogens with zero attached hydrogens (tertiary/aromatic N) is 2. The Morgan fingerprint density at radius 1 is 1.19 bits per heavy atom. The normalized spacial score (nSPS) is 11.7. The number of aromatic nitrogens is 2. The van der Waals surface area contributed by atoms with E-state index < -0.39 is 0 Å². The molecule has 0 spiro atoms. The van der Waals surface area contributed by atoms with Gasteiger partial charge in [-0.3, -0.25) is 4.79 Å². The summed E-state index contributed by atoms with van der Waals surface area (Å²) in [6.45, 7) is -0.0201. The summed E-state index contributed by atoms with van der Waals surface area (Å²) in [5.41, 5.74) is 1.38. The van der Waals surface area contributed by atoms with Crippen LogP contribution in [0.2, 0.25) is 0 Å². The van der Waals surface area contributed by atoms with Crippen molar-refractivity contribution < 1.29 is 9.90 Å². The summed E-state index contributed by atoms with van der Waals surface area (Å²) in [5.74, 6) is 0.245. The molecule has 0 radical (unpaired) electrons. The van der Waals surface area contributed by atoms with Gasteiger partial charge < -0.3 is 15.7 Å². The highest BCUT2D eigenvalue weighted by Gasteiger charge is 2.10. The number of anilines is 1. The number of aliphatic hydroxyl groups is 1. The molecule has 0 aliphatic heterocycles. The molecule has 1 amide bonds. The van der Waals surface area contributed by atoms with E-state index in [1.54, 1.807) is 12.1 Å². The lowest BCUT2D eigenvalue weighted by Gasteiger charge is -2.16. The third-order valence-corrected chi connectivity index (χ3v) is 3.02. The first-order valence-corrected chi connectivity index (χ1v) is 6.70. The zero-order chi connectivity index (χ0) is 15.1. The Balaban J connectivity index is 2.00. The molecule has 0 aliphatic rings. The van der Waals surface area contributed by atoms with Crippen LogP contribution in [0.3, 0.4) is 0 Å². The lowest BCUT2D eigenvalue weighted by atomic mass is 10.1. The van der Waals surface area contributed by atoms with E-state index in [9.17, 15) is 9.90 Å². The molecule has 1 atom stereocenters. The number of hydrogen-bond acceptors (Lipinski definition) is 5. The number of amides is 1. The van der Waals surface area contributed by atoms with E-state index in [0.717, 1.165) is 5.56 Å². The van der Waals surface area contributed by atoms with Crippen LogP contribution < -0.4 is 10.6 Å². The summed E-state index contributed by atoms with van der Waals surface area (Å²) in [6.07, 6.45) is 0.677. The summed E-state index contributed by atoms with van der Waals surface area (Å²) in [4.78, 5) is 11.4. The van der Waals surface area contributed by atoms with Crippen LogP contribution in [0.15, 0.2) is 42.5 Å². The van der Waals surface area contributed by atoms with Gasteiger partial charge in [0.05, 0.1) is 12.6 Å². The highest BCUT2D eigenvalue weighted by atomic mass is 16.3. The highest BCUT2D eigenvalue weighted by molar-refractivity contribution is 5.91. The van der Waals surface area contributed by atoms with E-state index in [2.05, 4.69) is 20.8 Å². The molecule has 110 valence electrons. The first-order valence-electron chi connectivity index (χ1n) is 6.70. The number of nitrogens with one attached hydrogen (secondary N) is 2. The number of benzene rings is 1. The number of rotatable bonds is 6. The van der Waals surface area contributed by atoms with Crippen molar-refractivity contribution in [1.82, 2.24) is 15.5 Å². The Morgan fingerprint density at radius 3 is 2.52 bits per heavy atom. The van der Waals surface area contributed by atoms with E-state index in [1.165, 1.54) is 7.05 Å². The Labute approximate surface area is 123 Å². The van der Waals surface area contributed by atoms with Crippen molar-refractivity contribution in [2.45, 2.75) is 12.5 Å². The van der Waals surface area contributed by atoms with Gasteiger partial charge in [0.2, 0.25) is 0 Å². The van der Waals surface area contributed by atoms with Crippen molar-refractivity contribution in [1.29, 1.82) is 0 Å². The van der Waals surface area contributed by atoms with Crippen LogP contribution in [-0.4, -0.2) is 40.9 Å². The molecule has 1 aromatic carbocycles. The molecule has 21 heavy (non-hydrogen) atoms. The minimum Gasteiger partial charge on any atom is -0.394 e. The highest BCUT2D eigenvalue weighted by Crippen LogP contribution is 2.09. The molecular weight excluding hydrogens is 268 g/mol. The quantitative estimate of drug-likeness (QED) is 0.733. The molecule has 1 unspecified atom stereocenters. The summed E-state index contributed by atoms with van der Waals surface area (Å²) in [7, 11) is 1.54. The van der Waals surface area contributed by atoms with Crippen molar-refractivity contribution in [3.63, 3.8) is 0 Å². The molecular formula is C15H18N4O2. The van der Waals surface area contributed by atoms with Crippen LogP contribution in [0.5, 0.6) is 0 Å². The Kier molecular flexibility index (Phi) is 5.22. The second-order valence-electron chi connectivity index (χ2n) is 4.60. The van der Waals surface area contributed by atoms with Gasteiger partial charge in [0.15, 0.2) is 5.69 Å². The fourth-order valence-corrected chi connectivity index (χ4v) is 1.93. The van der Waals surface area contributed by atoms with Gasteiger partial charge in [-0.05, 0) is 24.1 Å². The molecule has 0 saturated heterocycles. The van der Waals surface area contributed by atoms with Crippen molar-refractivity contribution in [3.8, 4) is 0 Å². The molecule has 0 saturated carbocycles. The van der Waals surface area contributed by atoms with Crippen LogP contribution in [-0.2, 0) is 6.42 Å². The number of carbonyl (C=O) groups is 1. The van der Waals surface area contributed by atoms with Crippen LogP contribution in [0, 0.1) is 0 Å². The maximum absolute atomic E-state index is 11.4. The lowest BCUT2D eigenvalue weighted by Crippen LogP contribution is -2.27. The molecule has 1 heterocycles. The van der Waals surface area contributed by atoms with Gasteiger partial charge in [0, 0.05) is 7.05 Å². The molecule has 2 rings (SSSR count). The van der Waals surface area contributed by atoms with Crippen molar-refractivity contribution in [2.24, 2.45) is 0 Å². The van der Waals surface area contributed by atoms with Gasteiger partial charge in [0.1, 0.15) is 5.82 Å². The molecule has 6 heteroatoms. The molecule has 3 N–H and O–H groups in total. The van der Waals surface area contributed by atoms with Crippen LogP contribution in [0.1, 0.15) is 16.1 Å². The fraction of sp³-hybridized carbons (Fsp3) is 0.267. The van der Waals surface area contributed by atoms with E-state index in [0.29, 0.717) is 12.2 Å². The standard InChI is InChI=1S/C15H18N4O2/c1-16-15(21)13-7-8-14(19-18-13)17-12(10-20)9-11-5-3-2-4-6-11/h2-8,12,20H,9-10H2,1H3,(H,16,21)(H,17,19). The molecule has 0 fully saturated rings. The fourth-order valence-electron chi connectivity index (χ4n) is 1.93. The summed E-state index contributed by atoms with van der Waals surface area (Å²) in [5, 5.41) is 22.8. The molecule has 2 aromatic rings. The third-order valence-electron chi connectivity index (χ3n) is 3.02. The maximum Gasteiger partial charge on any atom is 0.271 e. The van der Waals surface area contributed by atoms with Gasteiger partial charge in [-0.25, -0.2) is 0 Å². The predicted molar refractivity (Wildman–Crippen MR) is 80.1 cm³/mol. The van der Waals surface area contributed by atoms with Gasteiger partial charge >= 0.3 is 0 Å². The Bertz CT molecular complexity index is 572. The Hall–Kier alpha value is -2.47. The smallest absolute Gasteiger partial charge is 0.271 e. The maximum atomic E-state index is 11.4. The van der Waals surface area contributed by atoms with Crippen molar-refractivity contribution in [2.75, 3.05) is 19.0 Å². The lowest BCUT2D eigenvalue weighted by molar-refractivity contribution is 0.0957. The first-order chi connectivity index (χ1) is 10.2. The summed E-state index contributed by atoms with van der Waals surface area (Å²) < 4.78 is 0. The van der Waals surface area contributed by atoms with Crippen molar-refractivity contribution in [3.05, 3.63) is 53.7 Å².